The summed E-state index contributed by atoms with van der Waals surface area (Å²) in [7, 11) is 1.59. The average Bonchev–Trinajstić information content (AvgIpc) is 2.90. The minimum absolute atomic E-state index is 0.156. The van der Waals surface area contributed by atoms with Gasteiger partial charge in [-0.25, -0.2) is 4.79 Å². The van der Waals surface area contributed by atoms with Gasteiger partial charge in [0.15, 0.2) is 0 Å². The zero-order valence-electron chi connectivity index (χ0n) is 13.8. The molecule has 0 unspecified atom stereocenters. The third-order valence-electron chi connectivity index (χ3n) is 3.83. The van der Waals surface area contributed by atoms with Gasteiger partial charge in [-0.1, -0.05) is 12.1 Å². The number of amides is 1. The number of hydrogen-bond donors (Lipinski definition) is 1. The zero-order valence-corrected chi connectivity index (χ0v) is 13.8. The van der Waals surface area contributed by atoms with Crippen molar-refractivity contribution in [3.05, 3.63) is 65.2 Å². The number of anilines is 1. The maximum atomic E-state index is 12.7. The fourth-order valence-electron chi connectivity index (χ4n) is 2.50. The van der Waals surface area contributed by atoms with Crippen LogP contribution in [0.4, 0.5) is 5.69 Å². The summed E-state index contributed by atoms with van der Waals surface area (Å²) in [4.78, 5) is 23.6. The lowest BCUT2D eigenvalue weighted by Gasteiger charge is -2.11. The Balaban J connectivity index is 1.90. The standard InChI is InChI=1S/C19H16N2O4/c1-12-17(11-13-4-3-5-16(10-13)25-2)18(22)21(20-12)15-8-6-14(7-9-15)19(23)24/h3-11H,1-2H3,(H,23,24). The molecule has 6 heteroatoms. The quantitative estimate of drug-likeness (QED) is 0.870. The van der Waals surface area contributed by atoms with E-state index >= 15 is 0 Å². The van der Waals surface area contributed by atoms with E-state index in [4.69, 9.17) is 9.84 Å². The highest BCUT2D eigenvalue weighted by Crippen LogP contribution is 2.26. The van der Waals surface area contributed by atoms with E-state index in [0.717, 1.165) is 5.56 Å². The number of rotatable bonds is 4. The summed E-state index contributed by atoms with van der Waals surface area (Å²) >= 11 is 0. The van der Waals surface area contributed by atoms with Crippen LogP contribution in [0.3, 0.4) is 0 Å². The van der Waals surface area contributed by atoms with Crippen LogP contribution in [0, 0.1) is 0 Å². The number of carboxylic acids is 1. The van der Waals surface area contributed by atoms with Gasteiger partial charge < -0.3 is 9.84 Å². The Morgan fingerprint density at radius 2 is 1.92 bits per heavy atom. The molecule has 6 nitrogen and oxygen atoms in total. The zero-order chi connectivity index (χ0) is 18.0. The summed E-state index contributed by atoms with van der Waals surface area (Å²) in [6.07, 6.45) is 1.76. The fraction of sp³-hybridized carbons (Fsp3) is 0.105. The first-order chi connectivity index (χ1) is 12.0. The van der Waals surface area contributed by atoms with Gasteiger partial charge in [0.05, 0.1) is 29.6 Å². The third kappa shape index (κ3) is 3.28. The summed E-state index contributed by atoms with van der Waals surface area (Å²) < 4.78 is 5.19. The highest BCUT2D eigenvalue weighted by atomic mass is 16.5. The minimum Gasteiger partial charge on any atom is -0.497 e. The highest BCUT2D eigenvalue weighted by Gasteiger charge is 2.28. The molecular weight excluding hydrogens is 320 g/mol. The lowest BCUT2D eigenvalue weighted by Crippen LogP contribution is -2.21. The molecule has 0 aliphatic carbocycles. The first kappa shape index (κ1) is 16.4. The predicted molar refractivity (Wildman–Crippen MR) is 95.0 cm³/mol. The Morgan fingerprint density at radius 1 is 1.20 bits per heavy atom. The predicted octanol–water partition coefficient (Wildman–Crippen LogP) is 3.20. The Labute approximate surface area is 144 Å². The average molecular weight is 336 g/mol. The number of ether oxygens (including phenoxy) is 1. The molecule has 2 aromatic rings. The molecule has 1 amide bonds. The SMILES string of the molecule is COc1cccc(C=C2C(=O)N(c3ccc(C(=O)O)cc3)N=C2C)c1. The van der Waals surface area contributed by atoms with Gasteiger partial charge in [-0.3, -0.25) is 4.79 Å². The largest absolute Gasteiger partial charge is 0.497 e. The molecule has 0 atom stereocenters. The Bertz CT molecular complexity index is 898. The van der Waals surface area contributed by atoms with Gasteiger partial charge >= 0.3 is 5.97 Å². The number of aromatic carboxylic acids is 1. The minimum atomic E-state index is -1.02. The second-order valence-electron chi connectivity index (χ2n) is 5.49. The lowest BCUT2D eigenvalue weighted by molar-refractivity contribution is -0.114. The number of hydrogen-bond acceptors (Lipinski definition) is 4. The number of benzene rings is 2. The fourth-order valence-corrected chi connectivity index (χ4v) is 2.50. The molecule has 1 aliphatic rings. The van der Waals surface area contributed by atoms with Crippen molar-refractivity contribution in [3.63, 3.8) is 0 Å². The maximum absolute atomic E-state index is 12.7. The Kier molecular flexibility index (Phi) is 4.35. The summed E-state index contributed by atoms with van der Waals surface area (Å²) in [6.45, 7) is 1.76. The molecule has 0 bridgehead atoms. The summed E-state index contributed by atoms with van der Waals surface area (Å²) in [6, 6.07) is 13.4. The van der Waals surface area contributed by atoms with E-state index in [9.17, 15) is 9.59 Å². The molecule has 126 valence electrons. The van der Waals surface area contributed by atoms with Gasteiger partial charge in [0.25, 0.3) is 5.91 Å². The molecule has 1 aliphatic heterocycles. The molecule has 0 aromatic heterocycles. The number of carbonyl (C=O) groups is 2. The van der Waals surface area contributed by atoms with Crippen molar-refractivity contribution in [1.29, 1.82) is 0 Å². The molecule has 1 N–H and O–H groups in total. The monoisotopic (exact) mass is 336 g/mol. The van der Waals surface area contributed by atoms with E-state index in [2.05, 4.69) is 5.10 Å². The van der Waals surface area contributed by atoms with Crippen molar-refractivity contribution in [1.82, 2.24) is 0 Å². The van der Waals surface area contributed by atoms with Crippen LogP contribution >= 0.6 is 0 Å². The van der Waals surface area contributed by atoms with Crippen LogP contribution in [-0.4, -0.2) is 29.8 Å². The van der Waals surface area contributed by atoms with E-state index in [1.807, 2.05) is 24.3 Å². The van der Waals surface area contributed by atoms with Crippen LogP contribution < -0.4 is 9.75 Å². The Hall–Kier alpha value is -3.41. The van der Waals surface area contributed by atoms with Crippen LogP contribution in [0.5, 0.6) is 5.75 Å². The van der Waals surface area contributed by atoms with Crippen molar-refractivity contribution < 1.29 is 19.4 Å². The first-order valence-electron chi connectivity index (χ1n) is 7.59. The topological polar surface area (TPSA) is 79.2 Å². The van der Waals surface area contributed by atoms with Crippen molar-refractivity contribution in [3.8, 4) is 5.75 Å². The van der Waals surface area contributed by atoms with Crippen LogP contribution in [0.25, 0.3) is 6.08 Å². The molecule has 0 saturated carbocycles. The van der Waals surface area contributed by atoms with E-state index in [-0.39, 0.29) is 11.5 Å². The third-order valence-corrected chi connectivity index (χ3v) is 3.83. The van der Waals surface area contributed by atoms with Crippen molar-refractivity contribution in [2.75, 3.05) is 12.1 Å². The smallest absolute Gasteiger partial charge is 0.335 e. The second-order valence-corrected chi connectivity index (χ2v) is 5.49. The van der Waals surface area contributed by atoms with Gasteiger partial charge in [-0.15, -0.1) is 0 Å². The van der Waals surface area contributed by atoms with Gasteiger partial charge in [-0.2, -0.15) is 10.1 Å². The summed E-state index contributed by atoms with van der Waals surface area (Å²) in [5.74, 6) is -0.573. The molecular formula is C19H16N2O4. The van der Waals surface area contributed by atoms with E-state index < -0.39 is 5.97 Å². The lowest BCUT2D eigenvalue weighted by atomic mass is 10.1. The van der Waals surface area contributed by atoms with Crippen LogP contribution in [-0.2, 0) is 4.79 Å². The summed E-state index contributed by atoms with van der Waals surface area (Å²) in [5, 5.41) is 14.5. The van der Waals surface area contributed by atoms with Gasteiger partial charge in [0, 0.05) is 0 Å². The highest BCUT2D eigenvalue weighted by molar-refractivity contribution is 6.32. The first-order valence-corrected chi connectivity index (χ1v) is 7.59. The van der Waals surface area contributed by atoms with Crippen LogP contribution in [0.1, 0.15) is 22.8 Å². The number of carboxylic acid groups (broad SMARTS) is 1. The van der Waals surface area contributed by atoms with E-state index in [1.54, 1.807) is 32.2 Å². The number of nitrogens with zero attached hydrogens (tertiary/aromatic N) is 2. The molecule has 0 radical (unpaired) electrons. The van der Waals surface area contributed by atoms with Crippen molar-refractivity contribution >= 4 is 29.4 Å². The normalized spacial score (nSPS) is 15.4. The number of carbonyl (C=O) groups excluding carboxylic acids is 1. The van der Waals surface area contributed by atoms with Gasteiger partial charge in [0.1, 0.15) is 5.75 Å². The summed E-state index contributed by atoms with van der Waals surface area (Å²) in [5.41, 5.74) is 2.58. The van der Waals surface area contributed by atoms with Crippen LogP contribution in [0.2, 0.25) is 0 Å². The van der Waals surface area contributed by atoms with E-state index in [0.29, 0.717) is 22.7 Å². The molecule has 3 rings (SSSR count). The van der Waals surface area contributed by atoms with Gasteiger partial charge in [-0.05, 0) is 55.0 Å². The molecule has 0 fully saturated rings. The van der Waals surface area contributed by atoms with Crippen molar-refractivity contribution in [2.45, 2.75) is 6.92 Å². The number of hydrazone groups is 1. The molecule has 0 spiro atoms. The molecule has 1 heterocycles. The maximum Gasteiger partial charge on any atom is 0.335 e. The molecule has 2 aromatic carbocycles. The number of methoxy groups -OCH3 is 1. The van der Waals surface area contributed by atoms with Crippen molar-refractivity contribution in [2.24, 2.45) is 5.10 Å². The second kappa shape index (κ2) is 6.60. The Morgan fingerprint density at radius 3 is 2.56 bits per heavy atom. The van der Waals surface area contributed by atoms with Crippen LogP contribution in [0.15, 0.2) is 59.2 Å². The van der Waals surface area contributed by atoms with Gasteiger partial charge in [0.2, 0.25) is 0 Å². The molecule has 0 saturated heterocycles. The van der Waals surface area contributed by atoms with E-state index in [1.165, 1.54) is 17.1 Å². The molecule has 25 heavy (non-hydrogen) atoms.